The van der Waals surface area contributed by atoms with Crippen molar-refractivity contribution in [2.24, 2.45) is 7.05 Å². The molecule has 0 aliphatic carbocycles. The van der Waals surface area contributed by atoms with Crippen molar-refractivity contribution in [3.05, 3.63) is 64.3 Å². The van der Waals surface area contributed by atoms with E-state index in [1.54, 1.807) is 24.3 Å². The molecule has 0 spiro atoms. The molecular formula is C18H17F3N4O2. The maximum Gasteiger partial charge on any atom is 0.408 e. The van der Waals surface area contributed by atoms with E-state index in [2.05, 4.69) is 10.1 Å². The van der Waals surface area contributed by atoms with Crippen LogP contribution in [0.3, 0.4) is 0 Å². The van der Waals surface area contributed by atoms with Crippen molar-refractivity contribution in [2.45, 2.75) is 19.1 Å². The summed E-state index contributed by atoms with van der Waals surface area (Å²) in [6.07, 6.45) is -2.80. The molecule has 0 aliphatic rings. The average Bonchev–Trinajstić information content (AvgIpc) is 2.98. The van der Waals surface area contributed by atoms with Gasteiger partial charge < -0.3 is 9.30 Å². The summed E-state index contributed by atoms with van der Waals surface area (Å²) in [5, 5.41) is 4.04. The Hall–Kier alpha value is -3.10. The van der Waals surface area contributed by atoms with Gasteiger partial charge in [-0.15, -0.1) is 0 Å². The van der Waals surface area contributed by atoms with Gasteiger partial charge >= 0.3 is 6.18 Å². The molecule has 1 aromatic carbocycles. The Kier molecular flexibility index (Phi) is 5.02. The van der Waals surface area contributed by atoms with Crippen LogP contribution in [0.1, 0.15) is 11.4 Å². The fourth-order valence-electron chi connectivity index (χ4n) is 2.70. The number of halogens is 3. The standard InChI is InChI=1S/C18H17F3N4O2/c1-24-10-13(7-8-16(24)26)17-22-15(23-25(17)11-18(19,20)21)9-12-5-3-4-6-14(12)27-2/h3-8,10H,9,11H2,1-2H3. The average molecular weight is 378 g/mol. The molecule has 0 N–H and O–H groups in total. The Balaban J connectivity index is 2.03. The summed E-state index contributed by atoms with van der Waals surface area (Å²) in [7, 11) is 3.04. The predicted octanol–water partition coefficient (Wildman–Crippen LogP) is 2.81. The molecule has 27 heavy (non-hydrogen) atoms. The fraction of sp³-hybridized carbons (Fsp3) is 0.278. The minimum absolute atomic E-state index is 0.0489. The minimum Gasteiger partial charge on any atom is -0.496 e. The molecule has 0 amide bonds. The third-order valence-corrected chi connectivity index (χ3v) is 3.93. The number of aryl methyl sites for hydroxylation is 1. The summed E-state index contributed by atoms with van der Waals surface area (Å²) >= 11 is 0. The summed E-state index contributed by atoms with van der Waals surface area (Å²) in [4.78, 5) is 15.8. The van der Waals surface area contributed by atoms with Crippen molar-refractivity contribution in [1.29, 1.82) is 0 Å². The van der Waals surface area contributed by atoms with Crippen molar-refractivity contribution in [3.8, 4) is 17.1 Å². The van der Waals surface area contributed by atoms with E-state index < -0.39 is 12.7 Å². The smallest absolute Gasteiger partial charge is 0.408 e. The van der Waals surface area contributed by atoms with E-state index in [1.165, 1.54) is 37.1 Å². The first-order valence-electron chi connectivity index (χ1n) is 8.06. The van der Waals surface area contributed by atoms with Gasteiger partial charge in [-0.1, -0.05) is 18.2 Å². The number of methoxy groups -OCH3 is 1. The summed E-state index contributed by atoms with van der Waals surface area (Å²) in [6, 6.07) is 9.88. The van der Waals surface area contributed by atoms with E-state index >= 15 is 0 Å². The van der Waals surface area contributed by atoms with Crippen molar-refractivity contribution in [2.75, 3.05) is 7.11 Å². The number of hydrogen-bond donors (Lipinski definition) is 0. The number of para-hydroxylation sites is 1. The Morgan fingerprint density at radius 2 is 1.89 bits per heavy atom. The maximum absolute atomic E-state index is 13.0. The van der Waals surface area contributed by atoms with Crippen LogP contribution in [0.2, 0.25) is 0 Å². The van der Waals surface area contributed by atoms with Gasteiger partial charge in [0.2, 0.25) is 5.56 Å². The molecule has 2 aromatic heterocycles. The Labute approximate surface area is 152 Å². The lowest BCUT2D eigenvalue weighted by Crippen LogP contribution is -2.20. The Morgan fingerprint density at radius 3 is 2.56 bits per heavy atom. The van der Waals surface area contributed by atoms with Crippen molar-refractivity contribution >= 4 is 0 Å². The number of alkyl halides is 3. The molecular weight excluding hydrogens is 361 g/mol. The molecule has 9 heteroatoms. The molecule has 0 aliphatic heterocycles. The van der Waals surface area contributed by atoms with Crippen LogP contribution < -0.4 is 10.3 Å². The topological polar surface area (TPSA) is 61.9 Å². The minimum atomic E-state index is -4.45. The van der Waals surface area contributed by atoms with Gasteiger partial charge in [0.05, 0.1) is 7.11 Å². The van der Waals surface area contributed by atoms with Crippen LogP contribution in [-0.2, 0) is 20.0 Å². The van der Waals surface area contributed by atoms with Crippen molar-refractivity contribution in [1.82, 2.24) is 19.3 Å². The predicted molar refractivity (Wildman–Crippen MR) is 92.6 cm³/mol. The van der Waals surface area contributed by atoms with Gasteiger partial charge in [-0.05, 0) is 12.1 Å². The Bertz CT molecular complexity index is 1010. The zero-order chi connectivity index (χ0) is 19.6. The molecule has 3 rings (SSSR count). The molecule has 142 valence electrons. The summed E-state index contributed by atoms with van der Waals surface area (Å²) in [5.41, 5.74) is 0.867. The van der Waals surface area contributed by atoms with E-state index in [9.17, 15) is 18.0 Å². The number of hydrogen-bond acceptors (Lipinski definition) is 4. The third kappa shape index (κ3) is 4.36. The van der Waals surface area contributed by atoms with Crippen molar-refractivity contribution < 1.29 is 17.9 Å². The van der Waals surface area contributed by atoms with Crippen LogP contribution in [0.4, 0.5) is 13.2 Å². The van der Waals surface area contributed by atoms with E-state index in [-0.39, 0.29) is 23.6 Å². The van der Waals surface area contributed by atoms with E-state index in [0.717, 1.165) is 10.2 Å². The largest absolute Gasteiger partial charge is 0.496 e. The second kappa shape index (κ2) is 7.26. The molecule has 2 heterocycles. The van der Waals surface area contributed by atoms with Crippen LogP contribution in [0.15, 0.2) is 47.4 Å². The number of nitrogens with zero attached hydrogens (tertiary/aromatic N) is 4. The highest BCUT2D eigenvalue weighted by molar-refractivity contribution is 5.53. The summed E-state index contributed by atoms with van der Waals surface area (Å²) in [6.45, 7) is -1.27. The normalized spacial score (nSPS) is 11.6. The highest BCUT2D eigenvalue weighted by Gasteiger charge is 2.31. The second-order valence-electron chi connectivity index (χ2n) is 5.98. The number of aromatic nitrogens is 4. The third-order valence-electron chi connectivity index (χ3n) is 3.93. The maximum atomic E-state index is 13.0. The first kappa shape index (κ1) is 18.7. The Morgan fingerprint density at radius 1 is 1.15 bits per heavy atom. The molecule has 0 fully saturated rings. The number of pyridine rings is 1. The van der Waals surface area contributed by atoms with Gasteiger partial charge in [-0.25, -0.2) is 9.67 Å². The van der Waals surface area contributed by atoms with Gasteiger partial charge in [0, 0.05) is 36.9 Å². The summed E-state index contributed by atoms with van der Waals surface area (Å²) < 4.78 is 46.3. The zero-order valence-electron chi connectivity index (χ0n) is 14.7. The quantitative estimate of drug-likeness (QED) is 0.685. The number of benzene rings is 1. The lowest BCUT2D eigenvalue weighted by molar-refractivity contribution is -0.142. The molecule has 0 saturated carbocycles. The number of ether oxygens (including phenoxy) is 1. The first-order valence-corrected chi connectivity index (χ1v) is 8.06. The van der Waals surface area contributed by atoms with Crippen LogP contribution in [0.5, 0.6) is 5.75 Å². The fourth-order valence-corrected chi connectivity index (χ4v) is 2.70. The molecule has 0 unspecified atom stereocenters. The lowest BCUT2D eigenvalue weighted by Gasteiger charge is -2.09. The van der Waals surface area contributed by atoms with Crippen LogP contribution in [0.25, 0.3) is 11.4 Å². The second-order valence-corrected chi connectivity index (χ2v) is 5.98. The molecule has 0 saturated heterocycles. The highest BCUT2D eigenvalue weighted by Crippen LogP contribution is 2.25. The van der Waals surface area contributed by atoms with Gasteiger partial charge in [-0.2, -0.15) is 18.3 Å². The van der Waals surface area contributed by atoms with Gasteiger partial charge in [0.25, 0.3) is 0 Å². The molecule has 0 atom stereocenters. The van der Waals surface area contributed by atoms with Crippen LogP contribution in [0, 0.1) is 0 Å². The molecule has 3 aromatic rings. The first-order chi connectivity index (χ1) is 12.8. The summed E-state index contributed by atoms with van der Waals surface area (Å²) in [5.74, 6) is 0.883. The molecule has 6 nitrogen and oxygen atoms in total. The van der Waals surface area contributed by atoms with Gasteiger partial charge in [0.15, 0.2) is 11.6 Å². The zero-order valence-corrected chi connectivity index (χ0v) is 14.7. The van der Waals surface area contributed by atoms with Gasteiger partial charge in [0.1, 0.15) is 12.3 Å². The van der Waals surface area contributed by atoms with Crippen molar-refractivity contribution in [3.63, 3.8) is 0 Å². The van der Waals surface area contributed by atoms with E-state index in [4.69, 9.17) is 4.74 Å². The van der Waals surface area contributed by atoms with Gasteiger partial charge in [-0.3, -0.25) is 4.79 Å². The molecule has 0 radical (unpaired) electrons. The SMILES string of the molecule is COc1ccccc1Cc1nc(-c2ccc(=O)n(C)c2)n(CC(F)(F)F)n1. The van der Waals surface area contributed by atoms with Crippen LogP contribution in [-0.4, -0.2) is 32.6 Å². The molecule has 0 bridgehead atoms. The van der Waals surface area contributed by atoms with Crippen LogP contribution >= 0.6 is 0 Å². The van der Waals surface area contributed by atoms with E-state index in [0.29, 0.717) is 11.3 Å². The lowest BCUT2D eigenvalue weighted by atomic mass is 10.1. The van der Waals surface area contributed by atoms with E-state index in [1.807, 2.05) is 0 Å². The highest BCUT2D eigenvalue weighted by atomic mass is 19.4. The monoisotopic (exact) mass is 378 g/mol. The number of rotatable bonds is 5.